The molecule has 3 aromatic carbocycles. The molecule has 10 nitrogen and oxygen atoms in total. The van der Waals surface area contributed by atoms with E-state index in [2.05, 4.69) is 59.9 Å². The van der Waals surface area contributed by atoms with Gasteiger partial charge in [-0.05, 0) is 108 Å². The Labute approximate surface area is 344 Å². The van der Waals surface area contributed by atoms with Crippen LogP contribution in [0.2, 0.25) is 18.1 Å². The van der Waals surface area contributed by atoms with E-state index in [0.29, 0.717) is 29.9 Å². The minimum absolute atomic E-state index is 0.0289. The maximum absolute atomic E-state index is 15.9. The number of nitrogens with zero attached hydrogens (tertiary/aromatic N) is 3. The summed E-state index contributed by atoms with van der Waals surface area (Å²) in [5, 5.41) is 16.7. The summed E-state index contributed by atoms with van der Waals surface area (Å²) < 4.78 is 27.0. The van der Waals surface area contributed by atoms with Gasteiger partial charge in [-0.3, -0.25) is 14.5 Å². The minimum atomic E-state index is -2.89. The average Bonchev–Trinajstić information content (AvgIpc) is 3.85. The number of rotatable bonds is 10. The number of aliphatic hydroxyl groups excluding tert-OH is 1. The Kier molecular flexibility index (Phi) is 10.3. The van der Waals surface area contributed by atoms with E-state index < -0.39 is 43.4 Å². The van der Waals surface area contributed by atoms with Crippen molar-refractivity contribution in [2.75, 3.05) is 32.1 Å². The van der Waals surface area contributed by atoms with Gasteiger partial charge < -0.3 is 28.4 Å². The molecule has 300 valence electrons. The topological polar surface area (TPSA) is 115 Å². The molecule has 1 N–H and O–H groups in total. The molecule has 3 aliphatic carbocycles. The highest BCUT2D eigenvalue weighted by molar-refractivity contribution is 9.10. The molecule has 0 spiro atoms. The zero-order chi connectivity index (χ0) is 40.4. The van der Waals surface area contributed by atoms with Crippen LogP contribution in [0.25, 0.3) is 5.76 Å². The molecule has 4 aliphatic rings. The molecule has 1 aliphatic heterocycles. The second-order valence-corrected chi connectivity index (χ2v) is 23.3. The Morgan fingerprint density at radius 3 is 2.16 bits per heavy atom. The molecule has 57 heavy (non-hydrogen) atoms. The number of aliphatic hydroxyl groups is 1. The van der Waals surface area contributed by atoms with E-state index in [4.69, 9.17) is 18.4 Å². The number of carbonyl (C=O) groups excluding carboxylic acids is 2. The van der Waals surface area contributed by atoms with Crippen molar-refractivity contribution in [2.24, 2.45) is 11.8 Å². The van der Waals surface area contributed by atoms with Crippen molar-refractivity contribution in [2.45, 2.75) is 89.4 Å². The molecule has 2 heterocycles. The molecule has 0 radical (unpaired) electrons. The highest BCUT2D eigenvalue weighted by Crippen LogP contribution is 2.60. The fourth-order valence-corrected chi connectivity index (χ4v) is 11.2. The van der Waals surface area contributed by atoms with Gasteiger partial charge >= 0.3 is 0 Å². The van der Waals surface area contributed by atoms with Crippen molar-refractivity contribution in [3.05, 3.63) is 110 Å². The molecule has 4 atom stereocenters. The highest BCUT2D eigenvalue weighted by atomic mass is 79.9. The molecule has 2 fully saturated rings. The number of hydrogen-bond donors (Lipinski definition) is 1. The van der Waals surface area contributed by atoms with Gasteiger partial charge in [0, 0.05) is 29.1 Å². The summed E-state index contributed by atoms with van der Waals surface area (Å²) in [5.41, 5.74) is 2.68. The van der Waals surface area contributed by atoms with E-state index in [-0.39, 0.29) is 41.0 Å². The molecule has 8 rings (SSSR count). The van der Waals surface area contributed by atoms with Crippen molar-refractivity contribution < 1.29 is 33.1 Å². The van der Waals surface area contributed by atoms with Crippen molar-refractivity contribution in [1.29, 1.82) is 0 Å². The smallest absolute Gasteiger partial charge is 0.265 e. The first-order valence-electron chi connectivity index (χ1n) is 20.0. The Morgan fingerprint density at radius 2 is 1.56 bits per heavy atom. The van der Waals surface area contributed by atoms with E-state index in [1.165, 1.54) is 0 Å². The maximum atomic E-state index is 15.9. The van der Waals surface area contributed by atoms with Crippen LogP contribution in [0.15, 0.2) is 81.3 Å². The molecular weight excluding hydrogens is 802 g/mol. The Balaban J connectivity index is 1.32. The first-order chi connectivity index (χ1) is 27.1. The fraction of sp³-hybridized carbons (Fsp3) is 0.444. The third-order valence-corrected chi connectivity index (χ3v) is 17.9. The van der Waals surface area contributed by atoms with E-state index >= 15 is 9.59 Å². The van der Waals surface area contributed by atoms with Gasteiger partial charge in [0.25, 0.3) is 5.88 Å². The van der Waals surface area contributed by atoms with Crippen molar-refractivity contribution in [3.8, 4) is 11.6 Å². The van der Waals surface area contributed by atoms with Gasteiger partial charge in [-0.25, -0.2) is 0 Å². The molecular formula is C45H52BrN3O7Si. The number of benzene rings is 3. The number of carbonyl (C=O) groups is 2. The summed E-state index contributed by atoms with van der Waals surface area (Å²) in [7, 11) is 0.968. The number of aromatic nitrogens is 1. The normalized spacial score (nSPS) is 23.3. The number of ether oxygens (including phenoxy) is 2. The number of hydrogen-bond acceptors (Lipinski definition) is 10. The lowest BCUT2D eigenvalue weighted by Gasteiger charge is -2.55. The van der Waals surface area contributed by atoms with Crippen LogP contribution in [0.1, 0.15) is 84.4 Å². The van der Waals surface area contributed by atoms with E-state index in [1.807, 2.05) is 85.7 Å². The third kappa shape index (κ3) is 6.66. The number of anilines is 1. The lowest BCUT2D eigenvalue weighted by atomic mass is 9.57. The summed E-state index contributed by atoms with van der Waals surface area (Å²) in [6, 6.07) is 20.9. The van der Waals surface area contributed by atoms with Gasteiger partial charge in [0.05, 0.1) is 17.3 Å². The zero-order valence-corrected chi connectivity index (χ0v) is 36.4. The van der Waals surface area contributed by atoms with Crippen LogP contribution in [-0.4, -0.2) is 67.8 Å². The summed E-state index contributed by atoms with van der Waals surface area (Å²) in [5.74, 6) is -1.37. The standard InChI is InChI=1S/C45H52BrN3O7Si/c1-44(2,3)57(6,7)56-45-31(38(48(4)5)40-36(42(45)52)43(47-55-40)54-26-28-18-12-9-13-19-28)23-29-22-30-35(39(50)34(29)41(45)51)33(53-25-27-16-10-8-11-17-27)24-32(46)37(30)49-20-14-15-21-49/h8-13,16-19,24,29,31,38,50H,14-15,20-23,25-26H2,1-7H3/t29-,31-,38-,45-/m0/s1. The first-order valence-corrected chi connectivity index (χ1v) is 23.7. The number of fused-ring (bicyclic) bond motifs is 4. The summed E-state index contributed by atoms with van der Waals surface area (Å²) in [6.07, 6.45) is 3.01. The van der Waals surface area contributed by atoms with Crippen LogP contribution in [0, 0.1) is 11.8 Å². The highest BCUT2D eigenvalue weighted by Gasteiger charge is 2.69. The third-order valence-electron chi connectivity index (χ3n) is 12.9. The summed E-state index contributed by atoms with van der Waals surface area (Å²) >= 11 is 3.90. The second kappa shape index (κ2) is 14.9. The SMILES string of the molecule is CN(C)[C@@H]1c2onc(OCc3ccccc3)c2C(=O)[C@@]2(O[Si](C)(C)C(C)(C)C)C(=O)C3=C(O)c4c(OCc5ccccc5)cc(Br)c(N5CCCC5)c4C[C@H]3C[C@@H]12. The lowest BCUT2D eigenvalue weighted by molar-refractivity contribution is -0.140. The number of halogens is 1. The van der Waals surface area contributed by atoms with Crippen LogP contribution in [0.5, 0.6) is 11.6 Å². The van der Waals surface area contributed by atoms with Crippen molar-refractivity contribution in [1.82, 2.24) is 10.1 Å². The molecule has 1 aromatic heterocycles. The molecule has 0 unspecified atom stereocenters. The van der Waals surface area contributed by atoms with E-state index in [9.17, 15) is 5.11 Å². The van der Waals surface area contributed by atoms with E-state index in [0.717, 1.165) is 52.8 Å². The largest absolute Gasteiger partial charge is 0.507 e. The average molecular weight is 855 g/mol. The molecule has 0 amide bonds. The molecule has 0 bridgehead atoms. The number of Topliss-reactive ketones (excluding diaryl/α,β-unsaturated/α-hetero) is 2. The van der Waals surface area contributed by atoms with Crippen molar-refractivity contribution in [3.63, 3.8) is 0 Å². The van der Waals surface area contributed by atoms with Crippen LogP contribution >= 0.6 is 15.9 Å². The van der Waals surface area contributed by atoms with Crippen LogP contribution < -0.4 is 14.4 Å². The lowest BCUT2D eigenvalue weighted by Crippen LogP contribution is -2.68. The summed E-state index contributed by atoms with van der Waals surface area (Å²) in [4.78, 5) is 35.9. The summed E-state index contributed by atoms with van der Waals surface area (Å²) in [6.45, 7) is 12.6. The van der Waals surface area contributed by atoms with Crippen molar-refractivity contribution >= 4 is 47.3 Å². The monoisotopic (exact) mass is 853 g/mol. The van der Waals surface area contributed by atoms with Gasteiger partial charge in [-0.15, -0.1) is 0 Å². The van der Waals surface area contributed by atoms with Crippen LogP contribution in [0.3, 0.4) is 0 Å². The molecule has 4 aromatic rings. The van der Waals surface area contributed by atoms with E-state index in [1.54, 1.807) is 0 Å². The maximum Gasteiger partial charge on any atom is 0.265 e. The quantitative estimate of drug-likeness (QED) is 0.122. The van der Waals surface area contributed by atoms with Crippen LogP contribution in [0.4, 0.5) is 5.69 Å². The minimum Gasteiger partial charge on any atom is -0.507 e. The molecule has 1 saturated heterocycles. The predicted molar refractivity (Wildman–Crippen MR) is 225 cm³/mol. The Hall–Kier alpha value is -4.23. The van der Waals surface area contributed by atoms with Gasteiger partial charge in [0.15, 0.2) is 19.7 Å². The van der Waals surface area contributed by atoms with Gasteiger partial charge in [-0.1, -0.05) is 81.4 Å². The van der Waals surface area contributed by atoms with Crippen LogP contribution in [-0.2, 0) is 28.9 Å². The van der Waals surface area contributed by atoms with Gasteiger partial charge in [0.2, 0.25) is 11.6 Å². The fourth-order valence-electron chi connectivity index (χ4n) is 9.10. The molecule has 12 heteroatoms. The van der Waals surface area contributed by atoms with Gasteiger partial charge in [0.1, 0.15) is 30.3 Å². The van der Waals surface area contributed by atoms with Gasteiger partial charge in [-0.2, -0.15) is 0 Å². The Morgan fingerprint density at radius 1 is 0.947 bits per heavy atom. The number of ketones is 2. The molecule has 1 saturated carbocycles. The zero-order valence-electron chi connectivity index (χ0n) is 33.9. The Bertz CT molecular complexity index is 2230. The first kappa shape index (κ1) is 39.6. The second-order valence-electron chi connectivity index (χ2n) is 17.7. The predicted octanol–water partition coefficient (Wildman–Crippen LogP) is 9.49.